The van der Waals surface area contributed by atoms with Crippen LogP contribution >= 0.6 is 0 Å². The van der Waals surface area contributed by atoms with Gasteiger partial charge in [0.2, 0.25) is 0 Å². The molecule has 39 heavy (non-hydrogen) atoms. The smallest absolute Gasteiger partial charge is 0.320 e. The zero-order valence-electron chi connectivity index (χ0n) is 22.2. The molecule has 0 bridgehead atoms. The summed E-state index contributed by atoms with van der Waals surface area (Å²) in [7, 11) is 3.42. The number of carbonyl (C=O) groups is 2. The molecule has 206 valence electrons. The summed E-state index contributed by atoms with van der Waals surface area (Å²) >= 11 is 0. The van der Waals surface area contributed by atoms with E-state index in [0.29, 0.717) is 41.9 Å². The number of H-pyrrole nitrogens is 1. The Hall–Kier alpha value is -4.19. The standard InChI is InChI=1S/C15H12N6O2.C12H22N2O2/c1-23-12-6-11-9(7-17-20-11)5-10(12)15(22)19-14-8-16-13-3-2-4-18-21(13)14;1-13(10-5-3-2-4-6-10)12(16)14-8-7-11(15)9-14/h2-8H,1H3,(H,17,20)(H,19,22);10-11,15H,2-9H2,1H3. The number of nitrogens with one attached hydrogen (secondary N) is 2. The second kappa shape index (κ2) is 11.7. The third-order valence-corrected chi connectivity index (χ3v) is 7.38. The molecule has 3 amide bonds. The predicted molar refractivity (Wildman–Crippen MR) is 146 cm³/mol. The minimum absolute atomic E-state index is 0.100. The van der Waals surface area contributed by atoms with Gasteiger partial charge in [0.15, 0.2) is 11.5 Å². The highest BCUT2D eigenvalue weighted by atomic mass is 16.5. The van der Waals surface area contributed by atoms with Crippen LogP contribution in [0.25, 0.3) is 16.6 Å². The van der Waals surface area contributed by atoms with E-state index in [0.717, 1.165) is 30.2 Å². The van der Waals surface area contributed by atoms with Crippen LogP contribution in [-0.2, 0) is 0 Å². The number of likely N-dealkylation sites (tertiary alicyclic amines) is 1. The van der Waals surface area contributed by atoms with Crippen molar-refractivity contribution in [3.8, 4) is 5.75 Å². The van der Waals surface area contributed by atoms with Crippen molar-refractivity contribution in [3.63, 3.8) is 0 Å². The lowest BCUT2D eigenvalue weighted by atomic mass is 9.95. The molecule has 6 rings (SSSR count). The number of nitrogens with zero attached hydrogens (tertiary/aromatic N) is 6. The number of aliphatic hydroxyl groups is 1. The maximum Gasteiger partial charge on any atom is 0.320 e. The van der Waals surface area contributed by atoms with Crippen LogP contribution in [0.4, 0.5) is 10.6 Å². The van der Waals surface area contributed by atoms with Crippen LogP contribution in [0.1, 0.15) is 48.9 Å². The van der Waals surface area contributed by atoms with E-state index in [1.54, 1.807) is 52.3 Å². The molecular formula is C27H34N8O4. The van der Waals surface area contributed by atoms with Crippen LogP contribution in [0.15, 0.2) is 42.9 Å². The molecule has 3 N–H and O–H groups in total. The molecule has 4 aromatic rings. The molecule has 1 aliphatic heterocycles. The van der Waals surface area contributed by atoms with Gasteiger partial charge in [-0.1, -0.05) is 19.3 Å². The molecule has 0 radical (unpaired) electrons. The molecule has 1 saturated carbocycles. The molecule has 1 aromatic carbocycles. The number of aliphatic hydroxyl groups excluding tert-OH is 1. The lowest BCUT2D eigenvalue weighted by Crippen LogP contribution is -2.46. The molecule has 1 aliphatic carbocycles. The number of imidazole rings is 1. The van der Waals surface area contributed by atoms with Crippen molar-refractivity contribution in [2.24, 2.45) is 0 Å². The first-order valence-corrected chi connectivity index (χ1v) is 13.3. The van der Waals surface area contributed by atoms with E-state index in [1.165, 1.54) is 26.4 Å². The highest BCUT2D eigenvalue weighted by Crippen LogP contribution is 2.26. The van der Waals surface area contributed by atoms with Gasteiger partial charge in [-0.3, -0.25) is 9.89 Å². The molecule has 1 saturated heterocycles. The summed E-state index contributed by atoms with van der Waals surface area (Å²) < 4.78 is 6.86. The quantitative estimate of drug-likeness (QED) is 0.365. The van der Waals surface area contributed by atoms with E-state index in [-0.39, 0.29) is 18.0 Å². The van der Waals surface area contributed by atoms with Crippen molar-refractivity contribution in [1.29, 1.82) is 0 Å². The molecule has 1 atom stereocenters. The van der Waals surface area contributed by atoms with Crippen LogP contribution in [0.2, 0.25) is 0 Å². The Bertz CT molecular complexity index is 1440. The van der Waals surface area contributed by atoms with Crippen molar-refractivity contribution >= 4 is 34.3 Å². The fraction of sp³-hybridized carbons (Fsp3) is 0.444. The fourth-order valence-electron chi connectivity index (χ4n) is 5.18. The number of amides is 3. The van der Waals surface area contributed by atoms with Crippen LogP contribution in [0.3, 0.4) is 0 Å². The van der Waals surface area contributed by atoms with Crippen molar-refractivity contribution in [2.45, 2.75) is 50.7 Å². The number of carbonyl (C=O) groups excluding carboxylic acids is 2. The zero-order valence-corrected chi connectivity index (χ0v) is 22.2. The maximum atomic E-state index is 12.6. The van der Waals surface area contributed by atoms with E-state index in [9.17, 15) is 14.7 Å². The number of fused-ring (bicyclic) bond motifs is 2. The first-order valence-electron chi connectivity index (χ1n) is 13.3. The van der Waals surface area contributed by atoms with Crippen LogP contribution in [-0.4, -0.2) is 91.0 Å². The molecule has 12 nitrogen and oxygen atoms in total. The van der Waals surface area contributed by atoms with Gasteiger partial charge in [0.1, 0.15) is 5.75 Å². The number of ether oxygens (including phenoxy) is 1. The lowest BCUT2D eigenvalue weighted by Gasteiger charge is -2.34. The SMILES string of the molecule is CN(C(=O)N1CCC(O)C1)C1CCCCC1.COc1cc2[nH]ncc2cc1C(=O)Nc1cnc2cccnn12. The third kappa shape index (κ3) is 5.80. The Labute approximate surface area is 225 Å². The minimum atomic E-state index is -0.316. The van der Waals surface area contributed by atoms with Crippen LogP contribution in [0, 0.1) is 0 Å². The number of hydrogen-bond acceptors (Lipinski definition) is 7. The van der Waals surface area contributed by atoms with E-state index in [4.69, 9.17) is 4.74 Å². The number of aromatic amines is 1. The zero-order chi connectivity index (χ0) is 27.4. The maximum absolute atomic E-state index is 12.6. The summed E-state index contributed by atoms with van der Waals surface area (Å²) in [5, 5.41) is 24.0. The predicted octanol–water partition coefficient (Wildman–Crippen LogP) is 3.30. The van der Waals surface area contributed by atoms with Gasteiger partial charge in [-0.05, 0) is 37.5 Å². The number of aromatic nitrogens is 5. The highest BCUT2D eigenvalue weighted by molar-refractivity contribution is 6.08. The normalized spacial score (nSPS) is 17.6. The van der Waals surface area contributed by atoms with Crippen molar-refractivity contribution < 1.29 is 19.4 Å². The van der Waals surface area contributed by atoms with E-state index < -0.39 is 0 Å². The number of hydrogen-bond donors (Lipinski definition) is 3. The van der Waals surface area contributed by atoms with Crippen molar-refractivity contribution in [2.75, 3.05) is 32.6 Å². The molecule has 2 fully saturated rings. The second-order valence-corrected chi connectivity index (χ2v) is 9.97. The molecule has 12 heteroatoms. The van der Waals surface area contributed by atoms with Gasteiger partial charge in [0.25, 0.3) is 5.91 Å². The Balaban J connectivity index is 0.000000169. The van der Waals surface area contributed by atoms with Gasteiger partial charge in [-0.2, -0.15) is 14.7 Å². The van der Waals surface area contributed by atoms with Crippen LogP contribution in [0.5, 0.6) is 5.75 Å². The number of rotatable bonds is 4. The summed E-state index contributed by atoms with van der Waals surface area (Å²) in [6.45, 7) is 1.22. The van der Waals surface area contributed by atoms with Gasteiger partial charge in [0.05, 0.1) is 36.7 Å². The number of urea groups is 1. The highest BCUT2D eigenvalue weighted by Gasteiger charge is 2.30. The summed E-state index contributed by atoms with van der Waals surface area (Å²) in [5.74, 6) is 0.637. The molecule has 1 unspecified atom stereocenters. The Kier molecular flexibility index (Phi) is 7.92. The summed E-state index contributed by atoms with van der Waals surface area (Å²) in [6, 6.07) is 7.57. The Morgan fingerprint density at radius 3 is 2.74 bits per heavy atom. The van der Waals surface area contributed by atoms with Gasteiger partial charge in [0, 0.05) is 43.8 Å². The summed E-state index contributed by atoms with van der Waals surface area (Å²) in [5.41, 5.74) is 1.86. The Morgan fingerprint density at radius 1 is 1.18 bits per heavy atom. The molecule has 3 aromatic heterocycles. The average molecular weight is 535 g/mol. The largest absolute Gasteiger partial charge is 0.496 e. The van der Waals surface area contributed by atoms with E-state index in [2.05, 4.69) is 25.6 Å². The fourth-order valence-corrected chi connectivity index (χ4v) is 5.18. The minimum Gasteiger partial charge on any atom is -0.496 e. The monoisotopic (exact) mass is 534 g/mol. The number of anilines is 1. The molecule has 0 spiro atoms. The third-order valence-electron chi connectivity index (χ3n) is 7.38. The average Bonchev–Trinajstić information content (AvgIpc) is 3.72. The first-order chi connectivity index (χ1) is 18.9. The van der Waals surface area contributed by atoms with Gasteiger partial charge in [-0.25, -0.2) is 9.78 Å². The molecule has 4 heterocycles. The Morgan fingerprint density at radius 2 is 2.00 bits per heavy atom. The lowest BCUT2D eigenvalue weighted by molar-refractivity contribution is 0.102. The van der Waals surface area contributed by atoms with Crippen molar-refractivity contribution in [1.82, 2.24) is 34.6 Å². The molecule has 2 aliphatic rings. The summed E-state index contributed by atoms with van der Waals surface area (Å²) in [6.07, 6.45) is 11.3. The number of benzene rings is 1. The summed E-state index contributed by atoms with van der Waals surface area (Å²) in [4.78, 5) is 32.6. The topological polar surface area (TPSA) is 141 Å². The second-order valence-electron chi connectivity index (χ2n) is 9.97. The van der Waals surface area contributed by atoms with Gasteiger partial charge >= 0.3 is 6.03 Å². The van der Waals surface area contributed by atoms with Gasteiger partial charge < -0.3 is 25.0 Å². The van der Waals surface area contributed by atoms with Gasteiger partial charge in [-0.15, -0.1) is 0 Å². The van der Waals surface area contributed by atoms with Crippen LogP contribution < -0.4 is 10.1 Å². The molecular weight excluding hydrogens is 500 g/mol. The van der Waals surface area contributed by atoms with E-state index >= 15 is 0 Å². The first kappa shape index (κ1) is 26.4. The number of β-amino-alcohol motifs (C(OH)–C–C–N with tert-alkyl or cyclic N) is 1. The van der Waals surface area contributed by atoms with E-state index in [1.807, 2.05) is 11.9 Å². The van der Waals surface area contributed by atoms with Crippen molar-refractivity contribution in [3.05, 3.63) is 48.4 Å². The number of methoxy groups -OCH3 is 1.